The third-order valence-corrected chi connectivity index (χ3v) is 6.24. The van der Waals surface area contributed by atoms with Crippen molar-refractivity contribution in [1.82, 2.24) is 9.62 Å². The molecule has 0 aliphatic carbocycles. The van der Waals surface area contributed by atoms with E-state index in [1.165, 1.54) is 25.2 Å². The summed E-state index contributed by atoms with van der Waals surface area (Å²) in [7, 11) is -2.95. The van der Waals surface area contributed by atoms with Crippen LogP contribution in [-0.4, -0.2) is 42.9 Å². The molecule has 0 radical (unpaired) electrons. The summed E-state index contributed by atoms with van der Waals surface area (Å²) in [5.41, 5.74) is -0.747. The molecule has 0 spiro atoms. The van der Waals surface area contributed by atoms with E-state index in [9.17, 15) is 23.3 Å². The SMILES string of the molecule is CN(C[C@@H](NC(=O)OC(C)(C)C)c1cccc(Cl)c1)S(=O)(=O)c1ccccc1[N+](=O)[O-]. The number of nitro groups is 1. The highest BCUT2D eigenvalue weighted by Gasteiger charge is 2.32. The Balaban J connectivity index is 2.37. The van der Waals surface area contributed by atoms with Crippen LogP contribution in [0.2, 0.25) is 5.02 Å². The first-order valence-electron chi connectivity index (χ1n) is 9.26. The molecule has 1 atom stereocenters. The number of ether oxygens (including phenoxy) is 1. The monoisotopic (exact) mass is 469 g/mol. The largest absolute Gasteiger partial charge is 0.444 e. The zero-order chi connectivity index (χ0) is 23.4. The van der Waals surface area contributed by atoms with Crippen LogP contribution >= 0.6 is 11.6 Å². The molecule has 168 valence electrons. The molecule has 2 rings (SSSR count). The molecule has 0 unspecified atom stereocenters. The first-order valence-corrected chi connectivity index (χ1v) is 11.1. The summed E-state index contributed by atoms with van der Waals surface area (Å²) in [4.78, 5) is 22.4. The molecule has 0 aliphatic heterocycles. The van der Waals surface area contributed by atoms with E-state index in [4.69, 9.17) is 16.3 Å². The van der Waals surface area contributed by atoms with Crippen molar-refractivity contribution >= 4 is 33.4 Å². The van der Waals surface area contributed by atoms with E-state index in [-0.39, 0.29) is 6.54 Å². The lowest BCUT2D eigenvalue weighted by molar-refractivity contribution is -0.387. The van der Waals surface area contributed by atoms with E-state index in [0.29, 0.717) is 10.6 Å². The van der Waals surface area contributed by atoms with Crippen molar-refractivity contribution in [2.75, 3.05) is 13.6 Å². The van der Waals surface area contributed by atoms with Gasteiger partial charge in [-0.05, 0) is 44.5 Å². The van der Waals surface area contributed by atoms with Gasteiger partial charge in [-0.1, -0.05) is 35.9 Å². The van der Waals surface area contributed by atoms with Gasteiger partial charge < -0.3 is 10.1 Å². The first-order chi connectivity index (χ1) is 14.3. The number of carbonyl (C=O) groups is 1. The Morgan fingerprint density at radius 1 is 1.23 bits per heavy atom. The van der Waals surface area contributed by atoms with E-state index in [1.54, 1.807) is 45.0 Å². The van der Waals surface area contributed by atoms with Crippen LogP contribution in [0.15, 0.2) is 53.4 Å². The second kappa shape index (κ2) is 9.63. The van der Waals surface area contributed by atoms with Gasteiger partial charge in [0.1, 0.15) is 5.60 Å². The molecular formula is C20H24ClN3O6S. The molecule has 2 aromatic rings. The van der Waals surface area contributed by atoms with Gasteiger partial charge in [0.25, 0.3) is 5.69 Å². The number of benzene rings is 2. The highest BCUT2D eigenvalue weighted by Crippen LogP contribution is 2.27. The van der Waals surface area contributed by atoms with Crippen LogP contribution in [0.3, 0.4) is 0 Å². The normalized spacial score (nSPS) is 13.0. The Bertz CT molecular complexity index is 1070. The zero-order valence-electron chi connectivity index (χ0n) is 17.5. The van der Waals surface area contributed by atoms with Crippen molar-refractivity contribution in [3.8, 4) is 0 Å². The summed E-state index contributed by atoms with van der Waals surface area (Å²) < 4.78 is 32.3. The summed E-state index contributed by atoms with van der Waals surface area (Å²) in [5.74, 6) is 0. The van der Waals surface area contributed by atoms with Gasteiger partial charge in [0.2, 0.25) is 10.0 Å². The van der Waals surface area contributed by atoms with Gasteiger partial charge in [-0.2, -0.15) is 4.31 Å². The molecule has 0 aromatic heterocycles. The number of likely N-dealkylation sites (N-methyl/N-ethyl adjacent to an activating group) is 1. The van der Waals surface area contributed by atoms with Crippen LogP contribution in [0.5, 0.6) is 0 Å². The molecule has 0 saturated heterocycles. The lowest BCUT2D eigenvalue weighted by atomic mass is 10.1. The van der Waals surface area contributed by atoms with Crippen LogP contribution in [0.1, 0.15) is 32.4 Å². The third kappa shape index (κ3) is 6.65. The molecular weight excluding hydrogens is 446 g/mol. The number of carbonyl (C=O) groups excluding carboxylic acids is 1. The summed E-state index contributed by atoms with van der Waals surface area (Å²) in [5, 5.41) is 14.3. The van der Waals surface area contributed by atoms with Crippen LogP contribution in [0.25, 0.3) is 0 Å². The van der Waals surface area contributed by atoms with Crippen LogP contribution in [0.4, 0.5) is 10.5 Å². The molecule has 9 nitrogen and oxygen atoms in total. The molecule has 0 aliphatic rings. The molecule has 0 heterocycles. The molecule has 0 fully saturated rings. The number of nitrogens with one attached hydrogen (secondary N) is 1. The summed E-state index contributed by atoms with van der Waals surface area (Å²) in [6, 6.07) is 10.8. The van der Waals surface area contributed by atoms with Gasteiger partial charge in [-0.25, -0.2) is 13.2 Å². The number of sulfonamides is 1. The zero-order valence-corrected chi connectivity index (χ0v) is 19.1. The van der Waals surface area contributed by atoms with E-state index < -0.39 is 43.3 Å². The predicted molar refractivity (Wildman–Crippen MR) is 116 cm³/mol. The number of alkyl carbamates (subject to hydrolysis) is 1. The van der Waals surface area contributed by atoms with Gasteiger partial charge in [0, 0.05) is 24.7 Å². The second-order valence-electron chi connectivity index (χ2n) is 7.76. The van der Waals surface area contributed by atoms with Gasteiger partial charge in [-0.3, -0.25) is 10.1 Å². The maximum Gasteiger partial charge on any atom is 0.408 e. The fraction of sp³-hybridized carbons (Fsp3) is 0.350. The summed E-state index contributed by atoms with van der Waals surface area (Å²) in [6.07, 6.45) is -0.742. The smallest absolute Gasteiger partial charge is 0.408 e. The molecule has 1 amide bonds. The maximum absolute atomic E-state index is 13.1. The summed E-state index contributed by atoms with van der Waals surface area (Å²) in [6.45, 7) is 4.89. The molecule has 0 saturated carbocycles. The number of halogens is 1. The minimum atomic E-state index is -4.23. The second-order valence-corrected chi connectivity index (χ2v) is 10.2. The van der Waals surface area contributed by atoms with Crippen LogP contribution < -0.4 is 5.32 Å². The number of nitrogens with zero attached hydrogens (tertiary/aromatic N) is 2. The average molecular weight is 470 g/mol. The van der Waals surface area contributed by atoms with E-state index in [1.807, 2.05) is 0 Å². The number of rotatable bonds is 7. The lowest BCUT2D eigenvalue weighted by Crippen LogP contribution is -2.41. The topological polar surface area (TPSA) is 119 Å². The van der Waals surface area contributed by atoms with Gasteiger partial charge >= 0.3 is 6.09 Å². The van der Waals surface area contributed by atoms with E-state index in [0.717, 1.165) is 10.4 Å². The molecule has 2 aromatic carbocycles. The Kier molecular flexibility index (Phi) is 7.63. The van der Waals surface area contributed by atoms with E-state index in [2.05, 4.69) is 5.32 Å². The van der Waals surface area contributed by atoms with Crippen molar-refractivity contribution in [3.05, 3.63) is 69.2 Å². The molecule has 1 N–H and O–H groups in total. The maximum atomic E-state index is 13.1. The highest BCUT2D eigenvalue weighted by atomic mass is 35.5. The highest BCUT2D eigenvalue weighted by molar-refractivity contribution is 7.89. The molecule has 11 heteroatoms. The quantitative estimate of drug-likeness (QED) is 0.481. The minimum absolute atomic E-state index is 0.214. The van der Waals surface area contributed by atoms with Crippen molar-refractivity contribution in [1.29, 1.82) is 0 Å². The van der Waals surface area contributed by atoms with Gasteiger partial charge in [0.05, 0.1) is 11.0 Å². The number of amides is 1. The number of para-hydroxylation sites is 1. The fourth-order valence-electron chi connectivity index (χ4n) is 2.76. The Morgan fingerprint density at radius 2 is 1.87 bits per heavy atom. The molecule has 31 heavy (non-hydrogen) atoms. The van der Waals surface area contributed by atoms with Crippen molar-refractivity contribution in [2.24, 2.45) is 0 Å². The minimum Gasteiger partial charge on any atom is -0.444 e. The van der Waals surface area contributed by atoms with Gasteiger partial charge in [0.15, 0.2) is 4.90 Å². The first kappa shape index (κ1) is 24.6. The van der Waals surface area contributed by atoms with Crippen molar-refractivity contribution in [3.63, 3.8) is 0 Å². The standard InChI is InChI=1S/C20H24ClN3O6S/c1-20(2,3)30-19(25)22-16(14-8-7-9-15(21)12-14)13-23(4)31(28,29)18-11-6-5-10-17(18)24(26)27/h5-12,16H,13H2,1-4H3,(H,22,25)/t16-/m1/s1. The third-order valence-electron chi connectivity index (χ3n) is 4.13. The Labute approximate surface area is 186 Å². The predicted octanol–water partition coefficient (Wildman–Crippen LogP) is 4.13. The van der Waals surface area contributed by atoms with Crippen molar-refractivity contribution in [2.45, 2.75) is 37.3 Å². The molecule has 0 bridgehead atoms. The number of hydrogen-bond donors (Lipinski definition) is 1. The lowest BCUT2D eigenvalue weighted by Gasteiger charge is -2.27. The number of hydrogen-bond acceptors (Lipinski definition) is 6. The fourth-order valence-corrected chi connectivity index (χ4v) is 4.29. The van der Waals surface area contributed by atoms with E-state index >= 15 is 0 Å². The number of nitro benzene ring substituents is 1. The van der Waals surface area contributed by atoms with Crippen molar-refractivity contribution < 1.29 is 22.9 Å². The van der Waals surface area contributed by atoms with Crippen LogP contribution in [0, 0.1) is 10.1 Å². The Hall–Kier alpha value is -2.69. The van der Waals surface area contributed by atoms with Crippen LogP contribution in [-0.2, 0) is 14.8 Å². The average Bonchev–Trinajstić information content (AvgIpc) is 2.65. The Morgan fingerprint density at radius 3 is 2.45 bits per heavy atom. The summed E-state index contributed by atoms with van der Waals surface area (Å²) >= 11 is 6.06. The van der Waals surface area contributed by atoms with Gasteiger partial charge in [-0.15, -0.1) is 0 Å².